The highest BCUT2D eigenvalue weighted by molar-refractivity contribution is 7.98. The van der Waals surface area contributed by atoms with Crippen molar-refractivity contribution in [1.29, 1.82) is 0 Å². The molecule has 1 aliphatic heterocycles. The van der Waals surface area contributed by atoms with Crippen LogP contribution in [-0.2, 0) is 0 Å². The van der Waals surface area contributed by atoms with Crippen molar-refractivity contribution in [3.8, 4) is 0 Å². The van der Waals surface area contributed by atoms with Crippen LogP contribution in [0.5, 0.6) is 0 Å². The van der Waals surface area contributed by atoms with Gasteiger partial charge in [-0.3, -0.25) is 0 Å². The average molecular weight is 230 g/mol. The summed E-state index contributed by atoms with van der Waals surface area (Å²) < 4.78 is 0. The molecule has 1 fully saturated rings. The molecule has 2 atom stereocenters. The maximum absolute atomic E-state index is 3.71. The van der Waals surface area contributed by atoms with E-state index in [4.69, 9.17) is 0 Å². The summed E-state index contributed by atoms with van der Waals surface area (Å²) in [6, 6.07) is 1.48. The maximum atomic E-state index is 3.71. The number of likely N-dealkylation sites (tertiary alicyclic amines) is 1. The minimum Gasteiger partial charge on any atom is -0.312 e. The molecule has 1 aliphatic rings. The van der Waals surface area contributed by atoms with Gasteiger partial charge < -0.3 is 10.2 Å². The predicted octanol–water partition coefficient (Wildman–Crippen LogP) is 2.20. The molecule has 0 spiro atoms. The normalized spacial score (nSPS) is 25.4. The summed E-state index contributed by atoms with van der Waals surface area (Å²) in [6.45, 7) is 4.74. The SMILES string of the molecule is CCC(CSC)NCC1CCCCN1C. The molecule has 2 unspecified atom stereocenters. The molecule has 0 amide bonds. The van der Waals surface area contributed by atoms with Gasteiger partial charge in [0.1, 0.15) is 0 Å². The first kappa shape index (κ1) is 13.3. The first-order chi connectivity index (χ1) is 7.27. The van der Waals surface area contributed by atoms with Crippen LogP contribution in [-0.4, -0.2) is 49.1 Å². The molecule has 2 nitrogen and oxygen atoms in total. The van der Waals surface area contributed by atoms with E-state index in [1.807, 2.05) is 11.8 Å². The molecule has 0 aromatic heterocycles. The highest BCUT2D eigenvalue weighted by Gasteiger charge is 2.19. The molecule has 0 aromatic rings. The first-order valence-electron chi connectivity index (χ1n) is 6.20. The monoisotopic (exact) mass is 230 g/mol. The van der Waals surface area contributed by atoms with Crippen molar-refractivity contribution >= 4 is 11.8 Å². The van der Waals surface area contributed by atoms with E-state index < -0.39 is 0 Å². The Morgan fingerprint density at radius 1 is 1.47 bits per heavy atom. The van der Waals surface area contributed by atoms with Gasteiger partial charge in [0, 0.05) is 24.4 Å². The fraction of sp³-hybridized carbons (Fsp3) is 1.00. The zero-order valence-corrected chi connectivity index (χ0v) is 11.3. The van der Waals surface area contributed by atoms with Crippen molar-refractivity contribution in [1.82, 2.24) is 10.2 Å². The molecule has 15 heavy (non-hydrogen) atoms. The summed E-state index contributed by atoms with van der Waals surface area (Å²) >= 11 is 1.95. The number of piperidine rings is 1. The minimum absolute atomic E-state index is 0.704. The van der Waals surface area contributed by atoms with E-state index in [1.54, 1.807) is 0 Å². The summed E-state index contributed by atoms with van der Waals surface area (Å²) in [5, 5.41) is 3.71. The van der Waals surface area contributed by atoms with Gasteiger partial charge in [0.05, 0.1) is 0 Å². The molecule has 1 heterocycles. The van der Waals surface area contributed by atoms with E-state index >= 15 is 0 Å². The van der Waals surface area contributed by atoms with Crippen LogP contribution in [0.15, 0.2) is 0 Å². The van der Waals surface area contributed by atoms with Crippen molar-refractivity contribution in [3.63, 3.8) is 0 Å². The zero-order valence-electron chi connectivity index (χ0n) is 10.5. The van der Waals surface area contributed by atoms with Gasteiger partial charge in [-0.1, -0.05) is 13.3 Å². The Morgan fingerprint density at radius 2 is 2.27 bits per heavy atom. The second-order valence-electron chi connectivity index (χ2n) is 4.60. The van der Waals surface area contributed by atoms with Crippen LogP contribution in [0.25, 0.3) is 0 Å². The zero-order chi connectivity index (χ0) is 11.1. The Kier molecular flexibility index (Phi) is 6.69. The molecular formula is C12H26N2S. The summed E-state index contributed by atoms with van der Waals surface area (Å²) in [7, 11) is 2.26. The molecule has 1 saturated heterocycles. The minimum atomic E-state index is 0.704. The Bertz CT molecular complexity index is 164. The molecule has 0 radical (unpaired) electrons. The van der Waals surface area contributed by atoms with E-state index in [1.165, 1.54) is 44.5 Å². The number of nitrogens with one attached hydrogen (secondary N) is 1. The summed E-state index contributed by atoms with van der Waals surface area (Å²) in [4.78, 5) is 2.52. The number of hydrogen-bond acceptors (Lipinski definition) is 3. The van der Waals surface area contributed by atoms with Crippen molar-refractivity contribution in [3.05, 3.63) is 0 Å². The van der Waals surface area contributed by atoms with Crippen molar-refractivity contribution in [2.45, 2.75) is 44.7 Å². The van der Waals surface area contributed by atoms with Gasteiger partial charge in [-0.2, -0.15) is 11.8 Å². The van der Waals surface area contributed by atoms with Crippen molar-refractivity contribution in [2.75, 3.05) is 32.1 Å². The molecule has 3 heteroatoms. The van der Waals surface area contributed by atoms with Gasteiger partial charge >= 0.3 is 0 Å². The number of hydrogen-bond donors (Lipinski definition) is 1. The third-order valence-electron chi connectivity index (χ3n) is 3.42. The lowest BCUT2D eigenvalue weighted by atomic mass is 10.0. The number of nitrogens with zero attached hydrogens (tertiary/aromatic N) is 1. The molecule has 0 aliphatic carbocycles. The van der Waals surface area contributed by atoms with Gasteiger partial charge in [-0.05, 0) is 39.1 Å². The molecular weight excluding hydrogens is 204 g/mol. The van der Waals surface area contributed by atoms with Gasteiger partial charge in [0.2, 0.25) is 0 Å². The second-order valence-corrected chi connectivity index (χ2v) is 5.51. The molecule has 0 aromatic carbocycles. The van der Waals surface area contributed by atoms with E-state index in [9.17, 15) is 0 Å². The van der Waals surface area contributed by atoms with Gasteiger partial charge in [0.15, 0.2) is 0 Å². The van der Waals surface area contributed by atoms with E-state index in [-0.39, 0.29) is 0 Å². The Labute approximate surface area is 99.2 Å². The summed E-state index contributed by atoms with van der Waals surface area (Å²) in [5.41, 5.74) is 0. The standard InChI is InChI=1S/C12H26N2S/c1-4-11(10-15-3)13-9-12-7-5-6-8-14(12)2/h11-13H,4-10H2,1-3H3. The Balaban J connectivity index is 2.21. The topological polar surface area (TPSA) is 15.3 Å². The number of thioether (sulfide) groups is 1. The Morgan fingerprint density at radius 3 is 2.87 bits per heavy atom. The summed E-state index contributed by atoms with van der Waals surface area (Å²) in [5.74, 6) is 1.24. The number of rotatable bonds is 6. The molecule has 90 valence electrons. The van der Waals surface area contributed by atoms with Gasteiger partial charge in [0.25, 0.3) is 0 Å². The van der Waals surface area contributed by atoms with E-state index in [0.717, 1.165) is 6.04 Å². The van der Waals surface area contributed by atoms with Crippen LogP contribution >= 0.6 is 11.8 Å². The van der Waals surface area contributed by atoms with Crippen LogP contribution in [0.2, 0.25) is 0 Å². The van der Waals surface area contributed by atoms with E-state index in [2.05, 4.69) is 30.4 Å². The molecule has 0 bridgehead atoms. The molecule has 0 saturated carbocycles. The van der Waals surface area contributed by atoms with Crippen molar-refractivity contribution in [2.24, 2.45) is 0 Å². The quantitative estimate of drug-likeness (QED) is 0.753. The largest absolute Gasteiger partial charge is 0.312 e. The second kappa shape index (κ2) is 7.53. The smallest absolute Gasteiger partial charge is 0.0217 e. The van der Waals surface area contributed by atoms with Gasteiger partial charge in [-0.15, -0.1) is 0 Å². The maximum Gasteiger partial charge on any atom is 0.0217 e. The highest BCUT2D eigenvalue weighted by atomic mass is 32.2. The third kappa shape index (κ3) is 4.75. The third-order valence-corrected chi connectivity index (χ3v) is 4.16. The van der Waals surface area contributed by atoms with Crippen LogP contribution in [0, 0.1) is 0 Å². The lowest BCUT2D eigenvalue weighted by Crippen LogP contribution is -2.46. The predicted molar refractivity (Wildman–Crippen MR) is 70.7 cm³/mol. The van der Waals surface area contributed by atoms with Gasteiger partial charge in [-0.25, -0.2) is 0 Å². The highest BCUT2D eigenvalue weighted by Crippen LogP contribution is 2.14. The number of likely N-dealkylation sites (N-methyl/N-ethyl adjacent to an activating group) is 1. The Hall–Kier alpha value is 0.270. The average Bonchev–Trinajstić information content (AvgIpc) is 2.26. The first-order valence-corrected chi connectivity index (χ1v) is 7.59. The molecule has 1 rings (SSSR count). The summed E-state index contributed by atoms with van der Waals surface area (Å²) in [6.07, 6.45) is 7.61. The van der Waals surface area contributed by atoms with Crippen LogP contribution in [0.3, 0.4) is 0 Å². The lowest BCUT2D eigenvalue weighted by Gasteiger charge is -2.33. The molecule has 1 N–H and O–H groups in total. The fourth-order valence-electron chi connectivity index (χ4n) is 2.23. The van der Waals surface area contributed by atoms with Crippen molar-refractivity contribution < 1.29 is 0 Å². The van der Waals surface area contributed by atoms with Crippen LogP contribution in [0.4, 0.5) is 0 Å². The van der Waals surface area contributed by atoms with E-state index in [0.29, 0.717) is 6.04 Å². The fourth-order valence-corrected chi connectivity index (χ4v) is 2.98. The lowest BCUT2D eigenvalue weighted by molar-refractivity contribution is 0.178. The van der Waals surface area contributed by atoms with Crippen LogP contribution < -0.4 is 5.32 Å². The van der Waals surface area contributed by atoms with Crippen LogP contribution in [0.1, 0.15) is 32.6 Å².